The SMILES string of the molecule is [C-]#[N+]C1=C[C@@]2(c3ccccc3)C(=O)N(C3CCC3)CC=C2C(C)(C)C1=O. The molecule has 26 heavy (non-hydrogen) atoms. The van der Waals surface area contributed by atoms with E-state index in [1.54, 1.807) is 6.08 Å². The van der Waals surface area contributed by atoms with Crippen LogP contribution >= 0.6 is 0 Å². The van der Waals surface area contributed by atoms with E-state index in [2.05, 4.69) is 10.9 Å². The summed E-state index contributed by atoms with van der Waals surface area (Å²) in [5.74, 6) is -0.192. The Balaban J connectivity index is 2.00. The number of hydrogen-bond acceptors (Lipinski definition) is 2. The summed E-state index contributed by atoms with van der Waals surface area (Å²) in [5.41, 5.74) is -0.200. The number of Topliss-reactive ketones (excluding diaryl/α,β-unsaturated/α-hetero) is 1. The first kappa shape index (κ1) is 16.8. The zero-order chi connectivity index (χ0) is 18.5. The Morgan fingerprint density at radius 2 is 1.85 bits per heavy atom. The van der Waals surface area contributed by atoms with Crippen LogP contribution in [0.1, 0.15) is 38.7 Å². The molecule has 0 aromatic heterocycles. The van der Waals surface area contributed by atoms with Crippen molar-refractivity contribution in [1.29, 1.82) is 0 Å². The molecule has 1 aromatic rings. The number of amides is 1. The van der Waals surface area contributed by atoms with Crippen molar-refractivity contribution in [3.63, 3.8) is 0 Å². The molecule has 1 fully saturated rings. The lowest BCUT2D eigenvalue weighted by Crippen LogP contribution is -2.59. The maximum Gasteiger partial charge on any atom is 0.240 e. The second-order valence-corrected chi connectivity index (χ2v) is 7.93. The lowest BCUT2D eigenvalue weighted by Gasteiger charge is -2.51. The first-order valence-electron chi connectivity index (χ1n) is 9.15. The number of fused-ring (bicyclic) bond motifs is 1. The van der Waals surface area contributed by atoms with Crippen molar-refractivity contribution in [3.8, 4) is 0 Å². The second kappa shape index (κ2) is 5.67. The molecular weight excluding hydrogens is 324 g/mol. The Bertz CT molecular complexity index is 884. The van der Waals surface area contributed by atoms with Gasteiger partial charge in [-0.15, -0.1) is 0 Å². The third-order valence-corrected chi connectivity index (χ3v) is 6.21. The van der Waals surface area contributed by atoms with Gasteiger partial charge >= 0.3 is 0 Å². The smallest absolute Gasteiger partial charge is 0.240 e. The highest BCUT2D eigenvalue weighted by molar-refractivity contribution is 6.10. The molecule has 0 N–H and O–H groups in total. The summed E-state index contributed by atoms with van der Waals surface area (Å²) in [6, 6.07) is 9.86. The first-order chi connectivity index (χ1) is 12.4. The first-order valence-corrected chi connectivity index (χ1v) is 9.15. The average Bonchev–Trinajstić information content (AvgIpc) is 2.60. The van der Waals surface area contributed by atoms with Crippen LogP contribution in [0.4, 0.5) is 0 Å². The maximum atomic E-state index is 13.8. The summed E-state index contributed by atoms with van der Waals surface area (Å²) in [6.07, 6.45) is 6.89. The van der Waals surface area contributed by atoms with Gasteiger partial charge in [0.1, 0.15) is 5.41 Å². The molecule has 0 spiro atoms. The number of carbonyl (C=O) groups is 2. The van der Waals surface area contributed by atoms with Gasteiger partial charge in [0.25, 0.3) is 0 Å². The molecule has 1 amide bonds. The Kier molecular flexibility index (Phi) is 3.66. The predicted octanol–water partition coefficient (Wildman–Crippen LogP) is 3.66. The summed E-state index contributed by atoms with van der Waals surface area (Å²) in [5, 5.41) is 0. The third kappa shape index (κ3) is 2.07. The van der Waals surface area contributed by atoms with Crippen molar-refractivity contribution >= 4 is 11.7 Å². The van der Waals surface area contributed by atoms with Crippen LogP contribution in [0, 0.1) is 12.0 Å². The van der Waals surface area contributed by atoms with E-state index in [9.17, 15) is 9.59 Å². The predicted molar refractivity (Wildman–Crippen MR) is 99.0 cm³/mol. The lowest BCUT2D eigenvalue weighted by atomic mass is 9.57. The number of rotatable bonds is 2. The second-order valence-electron chi connectivity index (χ2n) is 7.93. The zero-order valence-corrected chi connectivity index (χ0v) is 15.2. The van der Waals surface area contributed by atoms with Crippen LogP contribution in [-0.2, 0) is 15.0 Å². The Morgan fingerprint density at radius 1 is 1.15 bits per heavy atom. The fraction of sp³-hybridized carbons (Fsp3) is 0.409. The summed E-state index contributed by atoms with van der Waals surface area (Å²) in [7, 11) is 0. The van der Waals surface area contributed by atoms with Gasteiger partial charge in [0.2, 0.25) is 11.6 Å². The van der Waals surface area contributed by atoms with E-state index in [-0.39, 0.29) is 23.4 Å². The van der Waals surface area contributed by atoms with Crippen molar-refractivity contribution in [2.75, 3.05) is 6.54 Å². The fourth-order valence-corrected chi connectivity index (χ4v) is 4.54. The molecule has 0 unspecified atom stereocenters. The molecule has 0 radical (unpaired) electrons. The largest absolute Gasteiger partial charge is 0.335 e. The van der Waals surface area contributed by atoms with Crippen LogP contribution in [0.2, 0.25) is 0 Å². The number of benzene rings is 1. The number of nitrogens with zero attached hydrogens (tertiary/aromatic N) is 2. The van der Waals surface area contributed by atoms with Crippen molar-refractivity contribution < 1.29 is 9.59 Å². The van der Waals surface area contributed by atoms with Crippen LogP contribution in [0.5, 0.6) is 0 Å². The number of allylic oxidation sites excluding steroid dienone is 1. The van der Waals surface area contributed by atoms with Crippen LogP contribution in [0.15, 0.2) is 53.8 Å². The molecule has 132 valence electrons. The van der Waals surface area contributed by atoms with Gasteiger partial charge in [0.15, 0.2) is 5.78 Å². The van der Waals surface area contributed by atoms with Crippen LogP contribution < -0.4 is 0 Å². The Hall–Kier alpha value is -2.67. The summed E-state index contributed by atoms with van der Waals surface area (Å²) < 4.78 is 0. The van der Waals surface area contributed by atoms with Crippen molar-refractivity contribution in [2.45, 2.75) is 44.6 Å². The molecule has 1 aromatic carbocycles. The molecule has 1 atom stereocenters. The molecule has 0 saturated heterocycles. The molecule has 1 heterocycles. The van der Waals surface area contributed by atoms with Gasteiger partial charge in [-0.1, -0.05) is 56.3 Å². The molecule has 4 nitrogen and oxygen atoms in total. The molecule has 4 heteroatoms. The van der Waals surface area contributed by atoms with Crippen molar-refractivity contribution in [1.82, 2.24) is 4.90 Å². The zero-order valence-electron chi connectivity index (χ0n) is 15.2. The molecule has 4 rings (SSSR count). The van der Waals surface area contributed by atoms with E-state index in [1.165, 1.54) is 0 Å². The van der Waals surface area contributed by atoms with Gasteiger partial charge in [0.05, 0.1) is 6.57 Å². The van der Waals surface area contributed by atoms with Gasteiger partial charge in [-0.05, 0) is 30.4 Å². The number of ketones is 1. The van der Waals surface area contributed by atoms with E-state index in [1.807, 2.05) is 49.1 Å². The average molecular weight is 346 g/mol. The molecular formula is C22H22N2O2. The minimum Gasteiger partial charge on any atom is -0.335 e. The van der Waals surface area contributed by atoms with Crippen LogP contribution in [0.25, 0.3) is 4.85 Å². The summed E-state index contributed by atoms with van der Waals surface area (Å²) >= 11 is 0. The summed E-state index contributed by atoms with van der Waals surface area (Å²) in [6.45, 7) is 11.7. The Labute approximate surface area is 154 Å². The number of carbonyl (C=O) groups excluding carboxylic acids is 2. The highest BCUT2D eigenvalue weighted by atomic mass is 16.2. The lowest BCUT2D eigenvalue weighted by molar-refractivity contribution is -0.140. The van der Waals surface area contributed by atoms with E-state index in [0.717, 1.165) is 30.4 Å². The third-order valence-electron chi connectivity index (χ3n) is 6.21. The van der Waals surface area contributed by atoms with Crippen molar-refractivity contribution in [2.24, 2.45) is 5.41 Å². The normalized spacial score (nSPS) is 27.8. The quantitative estimate of drug-likeness (QED) is 0.606. The Morgan fingerprint density at radius 3 is 2.42 bits per heavy atom. The van der Waals surface area contributed by atoms with Crippen LogP contribution in [-0.4, -0.2) is 29.2 Å². The van der Waals surface area contributed by atoms with Gasteiger partial charge in [-0.2, -0.15) is 0 Å². The maximum absolute atomic E-state index is 13.8. The molecule has 1 saturated carbocycles. The van der Waals surface area contributed by atoms with E-state index in [4.69, 9.17) is 6.57 Å². The van der Waals surface area contributed by atoms with E-state index < -0.39 is 10.8 Å². The molecule has 0 bridgehead atoms. The fourth-order valence-electron chi connectivity index (χ4n) is 4.54. The summed E-state index contributed by atoms with van der Waals surface area (Å²) in [4.78, 5) is 32.1. The minimum atomic E-state index is -1.05. The monoisotopic (exact) mass is 346 g/mol. The molecule has 1 aliphatic heterocycles. The molecule has 3 aliphatic rings. The van der Waals surface area contributed by atoms with E-state index >= 15 is 0 Å². The highest BCUT2D eigenvalue weighted by Crippen LogP contribution is 2.52. The number of hydrogen-bond donors (Lipinski definition) is 0. The van der Waals surface area contributed by atoms with Gasteiger partial charge in [-0.3, -0.25) is 4.79 Å². The topological polar surface area (TPSA) is 41.7 Å². The van der Waals surface area contributed by atoms with Gasteiger partial charge in [0, 0.05) is 18.0 Å². The van der Waals surface area contributed by atoms with E-state index in [0.29, 0.717) is 6.54 Å². The standard InChI is InChI=1S/C22H22N2O2/c1-21(2)18-12-13-24(16-10-7-11-16)20(26)22(18,14-17(23-3)19(21)25)15-8-5-4-6-9-15/h4-6,8-9,12,14,16H,7,10-11,13H2,1-2H3/t22-/m0/s1. The molecule has 2 aliphatic carbocycles. The highest BCUT2D eigenvalue weighted by Gasteiger charge is 2.57. The van der Waals surface area contributed by atoms with Gasteiger partial charge < -0.3 is 9.69 Å². The minimum absolute atomic E-state index is 0.00706. The van der Waals surface area contributed by atoms with Gasteiger partial charge in [-0.25, -0.2) is 4.85 Å². The van der Waals surface area contributed by atoms with Crippen LogP contribution in [0.3, 0.4) is 0 Å². The van der Waals surface area contributed by atoms with Crippen molar-refractivity contribution in [3.05, 3.63) is 70.7 Å².